The van der Waals surface area contributed by atoms with Gasteiger partial charge in [0.2, 0.25) is 0 Å². The van der Waals surface area contributed by atoms with E-state index in [1.165, 1.54) is 0 Å². The molecular formula is C17H20ClNOS. The van der Waals surface area contributed by atoms with Crippen molar-refractivity contribution < 1.29 is 4.74 Å². The van der Waals surface area contributed by atoms with E-state index in [9.17, 15) is 0 Å². The quantitative estimate of drug-likeness (QED) is 0.548. The number of rotatable bonds is 7. The summed E-state index contributed by atoms with van der Waals surface area (Å²) < 4.78 is 6.10. The fourth-order valence-electron chi connectivity index (χ4n) is 2.01. The Balaban J connectivity index is 2.22. The molecule has 0 radical (unpaired) electrons. The minimum Gasteiger partial charge on any atom is -0.456 e. The molecule has 0 amide bonds. The van der Waals surface area contributed by atoms with Gasteiger partial charge in [0, 0.05) is 22.0 Å². The number of halogens is 1. The molecule has 2 aromatic carbocycles. The molecule has 21 heavy (non-hydrogen) atoms. The molecule has 0 bridgehead atoms. The third kappa shape index (κ3) is 4.67. The summed E-state index contributed by atoms with van der Waals surface area (Å²) in [6.07, 6.45) is 3.15. The van der Waals surface area contributed by atoms with Crippen molar-refractivity contribution in [3.63, 3.8) is 0 Å². The highest BCUT2D eigenvalue weighted by molar-refractivity contribution is 7.98. The highest BCUT2D eigenvalue weighted by Gasteiger charge is 2.08. The number of ether oxygens (including phenoxy) is 1. The van der Waals surface area contributed by atoms with Crippen LogP contribution in [0.25, 0.3) is 0 Å². The molecule has 2 rings (SSSR count). The fraction of sp³-hybridized carbons (Fsp3) is 0.294. The van der Waals surface area contributed by atoms with E-state index in [0.717, 1.165) is 46.5 Å². The fourth-order valence-corrected chi connectivity index (χ4v) is 2.73. The summed E-state index contributed by atoms with van der Waals surface area (Å²) >= 11 is 7.78. The number of hydrogen-bond acceptors (Lipinski definition) is 3. The van der Waals surface area contributed by atoms with Crippen LogP contribution in [-0.4, -0.2) is 12.8 Å². The van der Waals surface area contributed by atoms with Gasteiger partial charge in [0.15, 0.2) is 0 Å². The second-order valence-electron chi connectivity index (χ2n) is 4.68. The highest BCUT2D eigenvalue weighted by atomic mass is 35.5. The van der Waals surface area contributed by atoms with Gasteiger partial charge in [-0.1, -0.05) is 30.7 Å². The first-order chi connectivity index (χ1) is 10.2. The van der Waals surface area contributed by atoms with Crippen LogP contribution in [0.4, 0.5) is 0 Å². The van der Waals surface area contributed by atoms with Crippen LogP contribution in [-0.2, 0) is 6.54 Å². The van der Waals surface area contributed by atoms with E-state index in [4.69, 9.17) is 16.3 Å². The Labute approximate surface area is 135 Å². The van der Waals surface area contributed by atoms with E-state index < -0.39 is 0 Å². The SMILES string of the molecule is CCCNCc1cc(Cl)ccc1Oc1ccccc1SC. The number of benzene rings is 2. The average Bonchev–Trinajstić information content (AvgIpc) is 2.50. The van der Waals surface area contributed by atoms with Crippen LogP contribution in [0.1, 0.15) is 18.9 Å². The number of para-hydroxylation sites is 1. The van der Waals surface area contributed by atoms with Crippen LogP contribution in [0.2, 0.25) is 5.02 Å². The molecule has 0 aromatic heterocycles. The minimum atomic E-state index is 0.730. The van der Waals surface area contributed by atoms with E-state index in [1.54, 1.807) is 11.8 Å². The predicted octanol–water partition coefficient (Wildman–Crippen LogP) is 5.35. The zero-order chi connectivity index (χ0) is 15.1. The molecule has 0 aliphatic rings. The third-order valence-electron chi connectivity index (χ3n) is 3.05. The standard InChI is InChI=1S/C17H20ClNOS/c1-3-10-19-12-13-11-14(18)8-9-15(13)20-16-6-4-5-7-17(16)21-2/h4-9,11,19H,3,10,12H2,1-2H3. The summed E-state index contributed by atoms with van der Waals surface area (Å²) in [7, 11) is 0. The van der Waals surface area contributed by atoms with Gasteiger partial charge in [-0.3, -0.25) is 0 Å². The van der Waals surface area contributed by atoms with Crippen LogP contribution >= 0.6 is 23.4 Å². The Kier molecular flexibility index (Phi) is 6.43. The van der Waals surface area contributed by atoms with E-state index in [1.807, 2.05) is 42.7 Å². The molecule has 4 heteroatoms. The monoisotopic (exact) mass is 321 g/mol. The summed E-state index contributed by atoms with van der Waals surface area (Å²) in [5.41, 5.74) is 1.08. The first kappa shape index (κ1) is 16.2. The maximum absolute atomic E-state index is 6.10. The Hall–Kier alpha value is -1.16. The maximum Gasteiger partial charge on any atom is 0.140 e. The zero-order valence-electron chi connectivity index (χ0n) is 12.4. The molecule has 1 N–H and O–H groups in total. The van der Waals surface area contributed by atoms with Crippen molar-refractivity contribution in [2.45, 2.75) is 24.8 Å². The first-order valence-electron chi connectivity index (χ1n) is 7.04. The van der Waals surface area contributed by atoms with Crippen molar-refractivity contribution in [2.24, 2.45) is 0 Å². The van der Waals surface area contributed by atoms with Gasteiger partial charge in [0.05, 0.1) is 0 Å². The Morgan fingerprint density at radius 3 is 2.71 bits per heavy atom. The topological polar surface area (TPSA) is 21.3 Å². The van der Waals surface area contributed by atoms with E-state index >= 15 is 0 Å². The molecule has 0 aliphatic carbocycles. The van der Waals surface area contributed by atoms with Crippen LogP contribution in [0.3, 0.4) is 0 Å². The lowest BCUT2D eigenvalue weighted by Gasteiger charge is -2.14. The van der Waals surface area contributed by atoms with Crippen LogP contribution in [0.15, 0.2) is 47.4 Å². The van der Waals surface area contributed by atoms with Gasteiger partial charge in [0.25, 0.3) is 0 Å². The van der Waals surface area contributed by atoms with Gasteiger partial charge in [-0.15, -0.1) is 11.8 Å². The largest absolute Gasteiger partial charge is 0.456 e. The lowest BCUT2D eigenvalue weighted by molar-refractivity contribution is 0.462. The van der Waals surface area contributed by atoms with Gasteiger partial charge in [-0.05, 0) is 49.6 Å². The van der Waals surface area contributed by atoms with Gasteiger partial charge in [-0.2, -0.15) is 0 Å². The van der Waals surface area contributed by atoms with Crippen molar-refractivity contribution >= 4 is 23.4 Å². The van der Waals surface area contributed by atoms with Crippen LogP contribution in [0, 0.1) is 0 Å². The third-order valence-corrected chi connectivity index (χ3v) is 4.07. The highest BCUT2D eigenvalue weighted by Crippen LogP contribution is 2.33. The lowest BCUT2D eigenvalue weighted by Crippen LogP contribution is -2.14. The molecule has 112 valence electrons. The molecule has 0 spiro atoms. The second-order valence-corrected chi connectivity index (χ2v) is 5.97. The number of nitrogens with one attached hydrogen (secondary N) is 1. The Morgan fingerprint density at radius 2 is 1.95 bits per heavy atom. The number of hydrogen-bond donors (Lipinski definition) is 1. The van der Waals surface area contributed by atoms with E-state index in [-0.39, 0.29) is 0 Å². The number of thioether (sulfide) groups is 1. The molecular weight excluding hydrogens is 302 g/mol. The smallest absolute Gasteiger partial charge is 0.140 e. The molecule has 0 fully saturated rings. The van der Waals surface area contributed by atoms with Crippen molar-refractivity contribution in [3.8, 4) is 11.5 Å². The molecule has 0 saturated carbocycles. The Bertz CT molecular complexity index is 589. The molecule has 0 aliphatic heterocycles. The minimum absolute atomic E-state index is 0.730. The van der Waals surface area contributed by atoms with Crippen molar-refractivity contribution in [2.75, 3.05) is 12.8 Å². The zero-order valence-corrected chi connectivity index (χ0v) is 13.9. The second kappa shape index (κ2) is 8.32. The van der Waals surface area contributed by atoms with Gasteiger partial charge >= 0.3 is 0 Å². The molecule has 0 heterocycles. The molecule has 0 unspecified atom stereocenters. The predicted molar refractivity (Wildman–Crippen MR) is 91.7 cm³/mol. The normalized spacial score (nSPS) is 10.6. The Morgan fingerprint density at radius 1 is 1.14 bits per heavy atom. The van der Waals surface area contributed by atoms with E-state index in [0.29, 0.717) is 0 Å². The van der Waals surface area contributed by atoms with Gasteiger partial charge < -0.3 is 10.1 Å². The molecule has 0 saturated heterocycles. The van der Waals surface area contributed by atoms with Crippen LogP contribution in [0.5, 0.6) is 11.5 Å². The lowest BCUT2D eigenvalue weighted by atomic mass is 10.2. The molecule has 0 atom stereocenters. The summed E-state index contributed by atoms with van der Waals surface area (Å²) in [6, 6.07) is 13.8. The van der Waals surface area contributed by atoms with Crippen molar-refractivity contribution in [1.82, 2.24) is 5.32 Å². The summed E-state index contributed by atoms with van der Waals surface area (Å²) in [4.78, 5) is 1.12. The summed E-state index contributed by atoms with van der Waals surface area (Å²) in [5.74, 6) is 1.73. The van der Waals surface area contributed by atoms with Crippen molar-refractivity contribution in [1.29, 1.82) is 0 Å². The first-order valence-corrected chi connectivity index (χ1v) is 8.65. The average molecular weight is 322 g/mol. The van der Waals surface area contributed by atoms with Gasteiger partial charge in [-0.25, -0.2) is 0 Å². The van der Waals surface area contributed by atoms with Crippen LogP contribution < -0.4 is 10.1 Å². The summed E-state index contributed by atoms with van der Waals surface area (Å²) in [5, 5.41) is 4.12. The maximum atomic E-state index is 6.10. The molecule has 2 aromatic rings. The molecule has 2 nitrogen and oxygen atoms in total. The van der Waals surface area contributed by atoms with Gasteiger partial charge in [0.1, 0.15) is 11.5 Å². The summed E-state index contributed by atoms with van der Waals surface area (Å²) in [6.45, 7) is 3.88. The van der Waals surface area contributed by atoms with Crippen molar-refractivity contribution in [3.05, 3.63) is 53.1 Å². The van der Waals surface area contributed by atoms with E-state index in [2.05, 4.69) is 18.3 Å².